The number of benzene rings is 4. The molecule has 0 radical (unpaired) electrons. The van der Waals surface area contributed by atoms with Gasteiger partial charge in [-0.15, -0.1) is 94.3 Å². The van der Waals surface area contributed by atoms with Crippen molar-refractivity contribution < 1.29 is 20.4 Å². The number of rotatable bonds is 0. The molecule has 0 aromatic heterocycles. The Morgan fingerprint density at radius 3 is 1.07 bits per heavy atom. The Kier molecular flexibility index (Phi) is 14.9. The van der Waals surface area contributed by atoms with Gasteiger partial charge in [-0.2, -0.15) is 41.5 Å². The summed E-state index contributed by atoms with van der Waals surface area (Å²) in [7, 11) is 0. The minimum absolute atomic E-state index is 0. The summed E-state index contributed by atoms with van der Waals surface area (Å²) in [4.78, 5) is 0. The maximum Gasteiger partial charge on any atom is 0 e. The molecule has 0 atom stereocenters. The molecule has 0 saturated carbocycles. The van der Waals surface area contributed by atoms with Crippen molar-refractivity contribution in [2.24, 2.45) is 0 Å². The van der Waals surface area contributed by atoms with Crippen molar-refractivity contribution in [3.63, 3.8) is 0 Å². The van der Waals surface area contributed by atoms with Gasteiger partial charge in [-0.25, -0.2) is 0 Å². The van der Waals surface area contributed by atoms with Gasteiger partial charge in [0, 0.05) is 20.4 Å². The van der Waals surface area contributed by atoms with Crippen LogP contribution in [0.1, 0.15) is 41.5 Å². The average molecular weight is 475 g/mol. The molecule has 29 heavy (non-hydrogen) atoms. The Bertz CT molecular complexity index is 696. The van der Waals surface area contributed by atoms with Crippen LogP contribution in [0.5, 0.6) is 0 Å². The van der Waals surface area contributed by atoms with Crippen molar-refractivity contribution >= 4 is 21.5 Å². The first kappa shape index (κ1) is 27.1. The van der Waals surface area contributed by atoms with Crippen LogP contribution in [0.15, 0.2) is 84.9 Å². The second kappa shape index (κ2) is 15.9. The van der Waals surface area contributed by atoms with E-state index in [0.717, 1.165) is 0 Å². The van der Waals surface area contributed by atoms with Crippen LogP contribution in [0.3, 0.4) is 0 Å². The third-order valence-electron chi connectivity index (χ3n) is 3.14. The summed E-state index contributed by atoms with van der Waals surface area (Å²) in [6, 6.07) is 34.8. The second-order valence-corrected chi connectivity index (χ2v) is 7.51. The zero-order valence-electron chi connectivity index (χ0n) is 18.4. The van der Waals surface area contributed by atoms with Crippen LogP contribution in [0.2, 0.25) is 0 Å². The maximum absolute atomic E-state index is 3.15. The Balaban J connectivity index is 0.000000391. The van der Waals surface area contributed by atoms with Crippen molar-refractivity contribution in [2.45, 2.75) is 41.5 Å². The Hall–Kier alpha value is -1.94. The van der Waals surface area contributed by atoms with Crippen molar-refractivity contribution in [1.82, 2.24) is 0 Å². The van der Waals surface area contributed by atoms with E-state index < -0.39 is 0 Å². The summed E-state index contributed by atoms with van der Waals surface area (Å²) in [5, 5.41) is 4.88. The van der Waals surface area contributed by atoms with Crippen molar-refractivity contribution in [3.05, 3.63) is 109 Å². The van der Waals surface area contributed by atoms with Gasteiger partial charge < -0.3 is 11.8 Å². The summed E-state index contributed by atoms with van der Waals surface area (Å²) >= 11 is 0. The molecule has 0 saturated heterocycles. The monoisotopic (exact) mass is 474 g/mol. The van der Waals surface area contributed by atoms with Crippen LogP contribution in [-0.4, -0.2) is 0 Å². The van der Waals surface area contributed by atoms with E-state index in [-0.39, 0.29) is 20.4 Å². The number of fused-ring (bicyclic) bond motifs is 2. The predicted octanol–water partition coefficient (Wildman–Crippen LogP) is 8.52. The van der Waals surface area contributed by atoms with Gasteiger partial charge in [0.1, 0.15) is 0 Å². The molecule has 0 N–H and O–H groups in total. The molecule has 4 aromatic rings. The van der Waals surface area contributed by atoms with Gasteiger partial charge >= 0.3 is 0 Å². The quantitative estimate of drug-likeness (QED) is 0.177. The average Bonchev–Trinajstić information content (AvgIpc) is 2.68. The first-order valence-electron chi connectivity index (χ1n) is 9.64. The fourth-order valence-electron chi connectivity index (χ4n) is 2.13. The second-order valence-electron chi connectivity index (χ2n) is 7.51. The topological polar surface area (TPSA) is 0 Å². The molecule has 1 heteroatoms. The summed E-state index contributed by atoms with van der Waals surface area (Å²) in [6.45, 7) is 12.5. The zero-order chi connectivity index (χ0) is 20.8. The Labute approximate surface area is 192 Å². The molecule has 0 aliphatic carbocycles. The molecule has 0 spiro atoms. The summed E-state index contributed by atoms with van der Waals surface area (Å²) in [5.41, 5.74) is 0. The van der Waals surface area contributed by atoms with E-state index >= 15 is 0 Å². The van der Waals surface area contributed by atoms with Gasteiger partial charge in [0.2, 0.25) is 0 Å². The van der Waals surface area contributed by atoms with E-state index in [0.29, 0.717) is 0 Å². The molecule has 4 rings (SSSR count). The van der Waals surface area contributed by atoms with Crippen molar-refractivity contribution in [3.8, 4) is 0 Å². The van der Waals surface area contributed by atoms with Crippen LogP contribution in [0.4, 0.5) is 0 Å². The molecule has 0 aliphatic heterocycles. The molecule has 0 amide bonds. The van der Waals surface area contributed by atoms with Crippen LogP contribution in [0, 0.1) is 24.0 Å². The third kappa shape index (κ3) is 13.0. The molecular formula is C28H32Pd-4. The fourth-order valence-corrected chi connectivity index (χ4v) is 2.13. The van der Waals surface area contributed by atoms with E-state index in [9.17, 15) is 0 Å². The molecule has 0 bridgehead atoms. The third-order valence-corrected chi connectivity index (χ3v) is 3.14. The van der Waals surface area contributed by atoms with Crippen LogP contribution in [-0.2, 0) is 20.4 Å². The zero-order valence-corrected chi connectivity index (χ0v) is 20.0. The molecule has 4 aromatic carbocycles. The van der Waals surface area contributed by atoms with Crippen molar-refractivity contribution in [1.29, 1.82) is 0 Å². The minimum atomic E-state index is 0. The van der Waals surface area contributed by atoms with Gasteiger partial charge in [0.05, 0.1) is 0 Å². The first-order chi connectivity index (χ1) is 13.4. The molecule has 0 aliphatic rings. The van der Waals surface area contributed by atoms with Gasteiger partial charge in [-0.1, -0.05) is 24.3 Å². The van der Waals surface area contributed by atoms with E-state index in [1.165, 1.54) is 33.4 Å². The van der Waals surface area contributed by atoms with Gasteiger partial charge in [-0.05, 0) is 0 Å². The number of hydrogen-bond donors (Lipinski definition) is 0. The summed E-state index contributed by atoms with van der Waals surface area (Å²) in [5.74, 6) is 2.83. The molecule has 0 fully saturated rings. The molecule has 0 heterocycles. The Morgan fingerprint density at radius 2 is 0.759 bits per heavy atom. The summed E-state index contributed by atoms with van der Waals surface area (Å²) in [6.07, 6.45) is 0. The van der Waals surface area contributed by atoms with Crippen molar-refractivity contribution in [2.75, 3.05) is 0 Å². The first-order valence-corrected chi connectivity index (χ1v) is 9.64. The number of hydrogen-bond acceptors (Lipinski definition) is 0. The maximum atomic E-state index is 3.15. The van der Waals surface area contributed by atoms with Gasteiger partial charge in [0.15, 0.2) is 0 Å². The minimum Gasteiger partial charge on any atom is -0.323 e. The largest absolute Gasteiger partial charge is 0.323 e. The predicted molar refractivity (Wildman–Crippen MR) is 126 cm³/mol. The normalized spacial score (nSPS) is 9.38. The van der Waals surface area contributed by atoms with Gasteiger partial charge in [-0.3, -0.25) is 0 Å². The van der Waals surface area contributed by atoms with E-state index in [1.807, 2.05) is 48.5 Å². The fraction of sp³-hybridized carbons (Fsp3) is 0.214. The van der Waals surface area contributed by atoms with Crippen LogP contribution < -0.4 is 0 Å². The van der Waals surface area contributed by atoms with E-state index in [4.69, 9.17) is 0 Å². The SMILES string of the molecule is C[C-](C)C.C[C-](C)C.[Pd].[c-]1cccc2ccccc12.[c-]1cccc2ccccc12. The summed E-state index contributed by atoms with van der Waals surface area (Å²) < 4.78 is 0. The molecule has 158 valence electrons. The molecule has 0 unspecified atom stereocenters. The van der Waals surface area contributed by atoms with E-state index in [1.54, 1.807) is 0 Å². The van der Waals surface area contributed by atoms with E-state index in [2.05, 4.69) is 90.1 Å². The van der Waals surface area contributed by atoms with Crippen LogP contribution >= 0.6 is 0 Å². The standard InChI is InChI=1S/2C10H7.2C4H9.Pd/c2*1-2-6-10-8-4-3-7-9(10)5-1;2*1-4(2)3;/h2*1-7H;2*1-3H3;/q4*-1;. The van der Waals surface area contributed by atoms with Gasteiger partial charge in [0.25, 0.3) is 0 Å². The molecular weight excluding hydrogens is 443 g/mol. The van der Waals surface area contributed by atoms with Crippen LogP contribution in [0.25, 0.3) is 21.5 Å². The smallest absolute Gasteiger partial charge is 0 e. The molecule has 0 nitrogen and oxygen atoms in total. The Morgan fingerprint density at radius 1 is 0.483 bits per heavy atom.